The Morgan fingerprint density at radius 3 is 2.68 bits per heavy atom. The lowest BCUT2D eigenvalue weighted by atomic mass is 10.1. The number of carbonyl (C=O) groups is 1. The highest BCUT2D eigenvalue weighted by Gasteiger charge is 2.17. The van der Waals surface area contributed by atoms with Crippen molar-refractivity contribution < 1.29 is 9.90 Å². The highest BCUT2D eigenvalue weighted by Crippen LogP contribution is 2.28. The van der Waals surface area contributed by atoms with Crippen molar-refractivity contribution in [3.8, 4) is 11.4 Å². The summed E-state index contributed by atoms with van der Waals surface area (Å²) in [5, 5.41) is 8.88. The highest BCUT2D eigenvalue weighted by molar-refractivity contribution is 9.10. The number of halogens is 1. The average Bonchev–Trinajstić information content (AvgIpc) is 2.57. The molecule has 0 atom stereocenters. The minimum absolute atomic E-state index is 0.0840. The van der Waals surface area contributed by atoms with E-state index in [0.717, 1.165) is 17.0 Å². The van der Waals surface area contributed by atoms with Crippen LogP contribution in [0.5, 0.6) is 0 Å². The van der Waals surface area contributed by atoms with Gasteiger partial charge in [-0.2, -0.15) is 0 Å². The first-order chi connectivity index (χ1) is 8.90. The maximum absolute atomic E-state index is 10.8. The van der Waals surface area contributed by atoms with Gasteiger partial charge in [0, 0.05) is 12.6 Å². The molecule has 0 fully saturated rings. The van der Waals surface area contributed by atoms with E-state index in [1.54, 1.807) is 0 Å². The second kappa shape index (κ2) is 5.17. The molecular weight excluding hydrogens is 308 g/mol. The molecule has 0 spiro atoms. The number of aliphatic carboxylic acids is 1. The Hall–Kier alpha value is -1.62. The van der Waals surface area contributed by atoms with Gasteiger partial charge in [-0.05, 0) is 35.3 Å². The number of hydrogen-bond donors (Lipinski definition) is 1. The summed E-state index contributed by atoms with van der Waals surface area (Å²) in [6.45, 7) is 4.07. The molecule has 19 heavy (non-hydrogen) atoms. The average molecular weight is 323 g/mol. The normalized spacial score (nSPS) is 10.7. The molecule has 2 aromatic rings. The van der Waals surface area contributed by atoms with E-state index in [2.05, 4.69) is 27.0 Å². The Bertz CT molecular complexity index is 647. The Balaban J connectivity index is 2.53. The zero-order valence-electron chi connectivity index (χ0n) is 11.1. The quantitative estimate of drug-likeness (QED) is 0.944. The third kappa shape index (κ3) is 2.71. The Labute approximate surface area is 120 Å². The molecule has 1 heterocycles. The smallest absolute Gasteiger partial charge is 0.309 e. The molecule has 1 aromatic carbocycles. The van der Waals surface area contributed by atoms with E-state index in [9.17, 15) is 4.79 Å². The standard InChI is InChI=1S/C14H15BrN2O2/c1-8-4-5-10(9(2)6-8)14-16-11(7-12(18)19)13(15)17(14)3/h4-6H,7H2,1-3H3,(H,18,19). The zero-order valence-corrected chi connectivity index (χ0v) is 12.7. The fraction of sp³-hybridized carbons (Fsp3) is 0.286. The van der Waals surface area contributed by atoms with E-state index >= 15 is 0 Å². The van der Waals surface area contributed by atoms with E-state index in [1.807, 2.05) is 37.6 Å². The number of carboxylic acid groups (broad SMARTS) is 1. The van der Waals surface area contributed by atoms with Crippen molar-refractivity contribution in [3.63, 3.8) is 0 Å². The molecular formula is C14H15BrN2O2. The molecule has 0 aliphatic heterocycles. The molecule has 2 rings (SSSR count). The van der Waals surface area contributed by atoms with Crippen molar-refractivity contribution in [1.29, 1.82) is 0 Å². The number of aryl methyl sites for hydroxylation is 2. The highest BCUT2D eigenvalue weighted by atomic mass is 79.9. The van der Waals surface area contributed by atoms with Crippen LogP contribution in [-0.2, 0) is 18.3 Å². The van der Waals surface area contributed by atoms with Crippen LogP contribution in [0, 0.1) is 13.8 Å². The second-order valence-electron chi connectivity index (χ2n) is 4.62. The molecule has 1 aromatic heterocycles. The summed E-state index contributed by atoms with van der Waals surface area (Å²) in [7, 11) is 1.87. The monoisotopic (exact) mass is 322 g/mol. The lowest BCUT2D eigenvalue weighted by Gasteiger charge is -2.07. The molecule has 1 N–H and O–H groups in total. The largest absolute Gasteiger partial charge is 0.481 e. The molecule has 0 unspecified atom stereocenters. The fourth-order valence-electron chi connectivity index (χ4n) is 2.10. The Morgan fingerprint density at radius 2 is 2.11 bits per heavy atom. The van der Waals surface area contributed by atoms with Crippen LogP contribution in [0.2, 0.25) is 0 Å². The van der Waals surface area contributed by atoms with Crippen LogP contribution in [0.4, 0.5) is 0 Å². The van der Waals surface area contributed by atoms with E-state index in [1.165, 1.54) is 5.56 Å². The molecule has 0 saturated carbocycles. The van der Waals surface area contributed by atoms with Gasteiger partial charge in [-0.3, -0.25) is 4.79 Å². The Kier molecular flexibility index (Phi) is 3.75. The molecule has 0 saturated heterocycles. The first-order valence-electron chi connectivity index (χ1n) is 5.90. The minimum atomic E-state index is -0.883. The van der Waals surface area contributed by atoms with Gasteiger partial charge in [0.1, 0.15) is 10.4 Å². The summed E-state index contributed by atoms with van der Waals surface area (Å²) in [4.78, 5) is 15.3. The summed E-state index contributed by atoms with van der Waals surface area (Å²) >= 11 is 3.40. The molecule has 0 bridgehead atoms. The first kappa shape index (κ1) is 13.8. The minimum Gasteiger partial charge on any atom is -0.481 e. The van der Waals surface area contributed by atoms with Crippen LogP contribution in [0.1, 0.15) is 16.8 Å². The van der Waals surface area contributed by atoms with E-state index in [-0.39, 0.29) is 6.42 Å². The predicted molar refractivity (Wildman–Crippen MR) is 77.2 cm³/mol. The summed E-state index contributed by atoms with van der Waals surface area (Å²) in [5.74, 6) is -0.105. The van der Waals surface area contributed by atoms with Crippen molar-refractivity contribution in [2.45, 2.75) is 20.3 Å². The summed E-state index contributed by atoms with van der Waals surface area (Å²) in [6.07, 6.45) is -0.0840. The molecule has 4 nitrogen and oxygen atoms in total. The Morgan fingerprint density at radius 1 is 1.42 bits per heavy atom. The van der Waals surface area contributed by atoms with Crippen molar-refractivity contribution in [2.24, 2.45) is 7.05 Å². The topological polar surface area (TPSA) is 55.1 Å². The van der Waals surface area contributed by atoms with Gasteiger partial charge in [0.05, 0.1) is 12.1 Å². The summed E-state index contributed by atoms with van der Waals surface area (Å²) in [5.41, 5.74) is 3.89. The van der Waals surface area contributed by atoms with E-state index in [4.69, 9.17) is 5.11 Å². The third-order valence-corrected chi connectivity index (χ3v) is 4.02. The molecule has 0 aliphatic rings. The number of imidazole rings is 1. The van der Waals surface area contributed by atoms with Gasteiger partial charge in [-0.25, -0.2) is 4.98 Å². The maximum Gasteiger partial charge on any atom is 0.309 e. The van der Waals surface area contributed by atoms with Gasteiger partial charge >= 0.3 is 5.97 Å². The zero-order chi connectivity index (χ0) is 14.2. The number of hydrogen-bond acceptors (Lipinski definition) is 2. The van der Waals surface area contributed by atoms with Crippen molar-refractivity contribution in [3.05, 3.63) is 39.6 Å². The summed E-state index contributed by atoms with van der Waals surface area (Å²) in [6, 6.07) is 6.14. The van der Waals surface area contributed by atoms with Crippen LogP contribution >= 0.6 is 15.9 Å². The van der Waals surface area contributed by atoms with Crippen LogP contribution in [0.25, 0.3) is 11.4 Å². The second-order valence-corrected chi connectivity index (χ2v) is 5.37. The first-order valence-corrected chi connectivity index (χ1v) is 6.70. The summed E-state index contributed by atoms with van der Waals surface area (Å²) < 4.78 is 2.58. The van der Waals surface area contributed by atoms with Gasteiger partial charge in [0.25, 0.3) is 0 Å². The molecule has 5 heteroatoms. The van der Waals surface area contributed by atoms with E-state index in [0.29, 0.717) is 10.3 Å². The number of benzene rings is 1. The third-order valence-electron chi connectivity index (χ3n) is 3.03. The van der Waals surface area contributed by atoms with Crippen molar-refractivity contribution >= 4 is 21.9 Å². The molecule has 0 aliphatic carbocycles. The lowest BCUT2D eigenvalue weighted by molar-refractivity contribution is -0.136. The van der Waals surface area contributed by atoms with Crippen LogP contribution in [0.15, 0.2) is 22.8 Å². The number of aromatic nitrogens is 2. The SMILES string of the molecule is Cc1ccc(-c2nc(CC(=O)O)c(Br)n2C)c(C)c1. The van der Waals surface area contributed by atoms with Crippen LogP contribution < -0.4 is 0 Å². The number of nitrogens with zero attached hydrogens (tertiary/aromatic N) is 2. The fourth-order valence-corrected chi connectivity index (χ4v) is 2.49. The van der Waals surface area contributed by atoms with Crippen LogP contribution in [-0.4, -0.2) is 20.6 Å². The van der Waals surface area contributed by atoms with Crippen molar-refractivity contribution in [1.82, 2.24) is 9.55 Å². The van der Waals surface area contributed by atoms with E-state index < -0.39 is 5.97 Å². The maximum atomic E-state index is 10.8. The van der Waals surface area contributed by atoms with Gasteiger partial charge in [-0.15, -0.1) is 0 Å². The van der Waals surface area contributed by atoms with Gasteiger partial charge in [0.15, 0.2) is 0 Å². The number of rotatable bonds is 3. The van der Waals surface area contributed by atoms with Gasteiger partial charge in [-0.1, -0.05) is 23.8 Å². The predicted octanol–water partition coefficient (Wildman–Crippen LogP) is 3.09. The molecule has 0 radical (unpaired) electrons. The van der Waals surface area contributed by atoms with Crippen LogP contribution in [0.3, 0.4) is 0 Å². The molecule has 100 valence electrons. The van der Waals surface area contributed by atoms with Crippen molar-refractivity contribution in [2.75, 3.05) is 0 Å². The van der Waals surface area contributed by atoms with Gasteiger partial charge in [0.2, 0.25) is 0 Å². The molecule has 0 amide bonds. The lowest BCUT2D eigenvalue weighted by Crippen LogP contribution is -2.01. The van der Waals surface area contributed by atoms with Gasteiger partial charge < -0.3 is 9.67 Å². The number of carboxylic acids is 1.